The molecule has 0 bridgehead atoms. The van der Waals surface area contributed by atoms with Gasteiger partial charge in [-0.25, -0.2) is 9.97 Å². The zero-order valence-electron chi connectivity index (χ0n) is 15.3. The molecular weight excluding hydrogens is 392 g/mol. The van der Waals surface area contributed by atoms with Crippen molar-refractivity contribution >= 4 is 44.9 Å². The minimum Gasteiger partial charge on any atom is -0.368 e. The molecule has 144 valence electrons. The topological polar surface area (TPSA) is 72.1 Å². The van der Waals surface area contributed by atoms with E-state index in [9.17, 15) is 4.79 Å². The molecule has 0 spiro atoms. The van der Waals surface area contributed by atoms with Crippen molar-refractivity contribution in [3.05, 3.63) is 41.0 Å². The monoisotopic (exact) mass is 412 g/mol. The molecular formula is C21H21ClN4OS. The van der Waals surface area contributed by atoms with Crippen molar-refractivity contribution in [3.8, 4) is 11.1 Å². The lowest BCUT2D eigenvalue weighted by atomic mass is 9.84. The number of hydrogen-bond acceptors (Lipinski definition) is 5. The summed E-state index contributed by atoms with van der Waals surface area (Å²) in [6, 6.07) is 7.83. The highest BCUT2D eigenvalue weighted by Gasteiger charge is 2.45. The van der Waals surface area contributed by atoms with Gasteiger partial charge in [0.1, 0.15) is 23.0 Å². The Morgan fingerprint density at radius 1 is 1.18 bits per heavy atom. The van der Waals surface area contributed by atoms with Crippen LogP contribution in [-0.2, 0) is 4.79 Å². The Morgan fingerprint density at radius 3 is 2.75 bits per heavy atom. The molecule has 3 atom stereocenters. The molecule has 1 amide bonds. The van der Waals surface area contributed by atoms with Crippen LogP contribution in [0.5, 0.6) is 0 Å². The molecule has 2 N–H and O–H groups in total. The first-order valence-corrected chi connectivity index (χ1v) is 10.9. The van der Waals surface area contributed by atoms with E-state index in [-0.39, 0.29) is 11.9 Å². The van der Waals surface area contributed by atoms with Gasteiger partial charge < -0.3 is 10.6 Å². The predicted octanol–water partition coefficient (Wildman–Crippen LogP) is 4.63. The van der Waals surface area contributed by atoms with Crippen LogP contribution < -0.4 is 10.6 Å². The van der Waals surface area contributed by atoms with Crippen molar-refractivity contribution in [1.82, 2.24) is 9.97 Å². The third-order valence-corrected chi connectivity index (χ3v) is 7.30. The van der Waals surface area contributed by atoms with E-state index < -0.39 is 0 Å². The average molecular weight is 413 g/mol. The summed E-state index contributed by atoms with van der Waals surface area (Å²) >= 11 is 7.67. The second-order valence-corrected chi connectivity index (χ2v) is 9.00. The third-order valence-electron chi connectivity index (χ3n) is 6.17. The smallest absolute Gasteiger partial charge is 0.240 e. The number of benzene rings is 1. The van der Waals surface area contributed by atoms with Gasteiger partial charge in [-0.3, -0.25) is 4.79 Å². The summed E-state index contributed by atoms with van der Waals surface area (Å²) in [5.41, 5.74) is 7.98. The summed E-state index contributed by atoms with van der Waals surface area (Å²) in [4.78, 5) is 24.6. The minimum absolute atomic E-state index is 0.260. The van der Waals surface area contributed by atoms with Crippen molar-refractivity contribution in [3.63, 3.8) is 0 Å². The lowest BCUT2D eigenvalue weighted by molar-refractivity contribution is -0.119. The number of carbonyl (C=O) groups is 1. The molecule has 3 aromatic rings. The lowest BCUT2D eigenvalue weighted by Crippen LogP contribution is -2.45. The predicted molar refractivity (Wildman–Crippen MR) is 114 cm³/mol. The first-order valence-electron chi connectivity index (χ1n) is 9.69. The third kappa shape index (κ3) is 2.86. The van der Waals surface area contributed by atoms with Crippen LogP contribution in [0.2, 0.25) is 5.02 Å². The molecule has 0 radical (unpaired) electrons. The van der Waals surface area contributed by atoms with Crippen molar-refractivity contribution in [2.75, 3.05) is 4.90 Å². The van der Waals surface area contributed by atoms with Gasteiger partial charge in [-0.05, 0) is 42.9 Å². The molecule has 28 heavy (non-hydrogen) atoms. The van der Waals surface area contributed by atoms with Crippen LogP contribution >= 0.6 is 22.9 Å². The minimum atomic E-state index is -0.302. The number of aromatic nitrogens is 2. The SMILES string of the molecule is NC(=O)[C@H]1C[C@@H]2CCCC[C@@H]2N1c1ncnc2scc(-c3ccc(Cl)cc3)c12. The van der Waals surface area contributed by atoms with Crippen LogP contribution in [0.1, 0.15) is 32.1 Å². The summed E-state index contributed by atoms with van der Waals surface area (Å²) in [5, 5.41) is 3.82. The molecule has 2 aliphatic rings. The Labute approximate surface area is 172 Å². The lowest BCUT2D eigenvalue weighted by Gasteiger charge is -2.34. The van der Waals surface area contributed by atoms with Gasteiger partial charge in [0.05, 0.1) is 5.39 Å². The molecule has 5 nitrogen and oxygen atoms in total. The van der Waals surface area contributed by atoms with E-state index in [1.54, 1.807) is 17.7 Å². The molecule has 2 aromatic heterocycles. The number of rotatable bonds is 3. The highest BCUT2D eigenvalue weighted by atomic mass is 35.5. The quantitative estimate of drug-likeness (QED) is 0.680. The van der Waals surface area contributed by atoms with E-state index >= 15 is 0 Å². The van der Waals surface area contributed by atoms with Crippen LogP contribution in [0.15, 0.2) is 36.0 Å². The number of amides is 1. The number of thiophene rings is 1. The molecule has 3 heterocycles. The largest absolute Gasteiger partial charge is 0.368 e. The Balaban J connectivity index is 1.68. The van der Waals surface area contributed by atoms with Gasteiger partial charge >= 0.3 is 0 Å². The average Bonchev–Trinajstić information content (AvgIpc) is 3.30. The number of nitrogens with two attached hydrogens (primary N) is 1. The Hall–Kier alpha value is -2.18. The summed E-state index contributed by atoms with van der Waals surface area (Å²) in [6.07, 6.45) is 7.09. The number of halogens is 1. The van der Waals surface area contributed by atoms with E-state index in [1.807, 2.05) is 24.3 Å². The van der Waals surface area contributed by atoms with Crippen LogP contribution in [-0.4, -0.2) is 28.0 Å². The highest BCUT2D eigenvalue weighted by molar-refractivity contribution is 7.17. The van der Waals surface area contributed by atoms with Crippen LogP contribution in [0.25, 0.3) is 21.3 Å². The summed E-state index contributed by atoms with van der Waals surface area (Å²) in [6.45, 7) is 0. The van der Waals surface area contributed by atoms with Crippen molar-refractivity contribution < 1.29 is 4.79 Å². The second kappa shape index (κ2) is 7.01. The molecule has 0 unspecified atom stereocenters. The molecule has 5 rings (SSSR count). The van der Waals surface area contributed by atoms with Gasteiger partial charge in [0.15, 0.2) is 0 Å². The number of hydrogen-bond donors (Lipinski definition) is 1. The van der Waals surface area contributed by atoms with Gasteiger partial charge in [0.25, 0.3) is 0 Å². The van der Waals surface area contributed by atoms with E-state index in [2.05, 4.69) is 20.2 Å². The van der Waals surface area contributed by atoms with Gasteiger partial charge in [-0.1, -0.05) is 36.6 Å². The van der Waals surface area contributed by atoms with E-state index in [0.29, 0.717) is 17.0 Å². The van der Waals surface area contributed by atoms with Crippen LogP contribution in [0.4, 0.5) is 5.82 Å². The Bertz CT molecular complexity index is 1030. The molecule has 1 saturated carbocycles. The number of carbonyl (C=O) groups excluding carboxylic acids is 1. The maximum absolute atomic E-state index is 12.3. The summed E-state index contributed by atoms with van der Waals surface area (Å²) in [7, 11) is 0. The first kappa shape index (κ1) is 17.9. The summed E-state index contributed by atoms with van der Waals surface area (Å²) < 4.78 is 0. The van der Waals surface area contributed by atoms with Crippen molar-refractivity contribution in [1.29, 1.82) is 0 Å². The zero-order chi connectivity index (χ0) is 19.3. The first-order chi connectivity index (χ1) is 13.6. The van der Waals surface area contributed by atoms with E-state index in [4.69, 9.17) is 17.3 Å². The number of fused-ring (bicyclic) bond motifs is 2. The summed E-state index contributed by atoms with van der Waals surface area (Å²) in [5.74, 6) is 1.09. The van der Waals surface area contributed by atoms with Gasteiger partial charge in [-0.2, -0.15) is 0 Å². The maximum Gasteiger partial charge on any atom is 0.240 e. The fourth-order valence-electron chi connectivity index (χ4n) is 4.92. The number of nitrogens with zero attached hydrogens (tertiary/aromatic N) is 3. The molecule has 1 aromatic carbocycles. The molecule has 1 saturated heterocycles. The van der Waals surface area contributed by atoms with Gasteiger partial charge in [0, 0.05) is 22.0 Å². The highest BCUT2D eigenvalue weighted by Crippen LogP contribution is 2.46. The molecule has 1 aliphatic heterocycles. The molecule has 7 heteroatoms. The maximum atomic E-state index is 12.3. The Kier molecular flexibility index (Phi) is 4.48. The number of primary amides is 1. The normalized spacial score (nSPS) is 24.5. The fraction of sp³-hybridized carbons (Fsp3) is 0.381. The molecule has 2 fully saturated rings. The van der Waals surface area contributed by atoms with Crippen LogP contribution in [0.3, 0.4) is 0 Å². The van der Waals surface area contributed by atoms with Gasteiger partial charge in [0.2, 0.25) is 5.91 Å². The standard InChI is InChI=1S/C21H21ClN4OS/c22-14-7-5-12(6-8-14)15-10-28-21-18(15)20(24-11-25-21)26-16-4-2-1-3-13(16)9-17(26)19(23)27/h5-8,10-11,13,16-17H,1-4,9H2,(H2,23,27)/t13-,16-,17+/m0/s1. The van der Waals surface area contributed by atoms with E-state index in [0.717, 1.165) is 46.4 Å². The van der Waals surface area contributed by atoms with Crippen molar-refractivity contribution in [2.24, 2.45) is 11.7 Å². The number of anilines is 1. The Morgan fingerprint density at radius 2 is 1.96 bits per heavy atom. The second-order valence-electron chi connectivity index (χ2n) is 7.71. The van der Waals surface area contributed by atoms with E-state index in [1.165, 1.54) is 12.8 Å². The van der Waals surface area contributed by atoms with Crippen molar-refractivity contribution in [2.45, 2.75) is 44.2 Å². The fourth-order valence-corrected chi connectivity index (χ4v) is 5.95. The molecule has 1 aliphatic carbocycles. The van der Waals surface area contributed by atoms with Crippen LogP contribution in [0, 0.1) is 5.92 Å². The van der Waals surface area contributed by atoms with Gasteiger partial charge in [-0.15, -0.1) is 11.3 Å². The zero-order valence-corrected chi connectivity index (χ0v) is 16.9.